The smallest absolute Gasteiger partial charge is 0.341 e. The quantitative estimate of drug-likeness (QED) is 0.276. The van der Waals surface area contributed by atoms with Gasteiger partial charge in [-0.3, -0.25) is 23.8 Å². The topological polar surface area (TPSA) is 161 Å². The van der Waals surface area contributed by atoms with Crippen molar-refractivity contribution in [3.63, 3.8) is 0 Å². The summed E-state index contributed by atoms with van der Waals surface area (Å²) in [7, 11) is 0. The Morgan fingerprint density at radius 2 is 2.00 bits per heavy atom. The number of pyridine rings is 3. The van der Waals surface area contributed by atoms with Gasteiger partial charge in [-0.25, -0.2) is 9.78 Å². The average Bonchev–Trinajstić information content (AvgIpc) is 3.55. The maximum absolute atomic E-state index is 13.2. The first kappa shape index (κ1) is 27.2. The highest BCUT2D eigenvalue weighted by atomic mass is 32.1. The molecule has 0 spiro atoms. The molecule has 1 saturated heterocycles. The number of carbonyl (C=O) groups excluding carboxylic acids is 1. The molecule has 13 nitrogen and oxygen atoms in total. The molecule has 0 aromatic carbocycles. The fourth-order valence-electron chi connectivity index (χ4n) is 4.93. The Bertz CT molecular complexity index is 1890. The van der Waals surface area contributed by atoms with Crippen molar-refractivity contribution in [1.82, 2.24) is 33.7 Å². The third-order valence-corrected chi connectivity index (χ3v) is 7.87. The Labute approximate surface area is 243 Å². The van der Waals surface area contributed by atoms with E-state index in [4.69, 9.17) is 4.98 Å². The number of carbonyl (C=O) groups is 2. The number of fused-ring (bicyclic) bond motifs is 1. The summed E-state index contributed by atoms with van der Waals surface area (Å²) in [6.07, 6.45) is 5.46. The van der Waals surface area contributed by atoms with Crippen molar-refractivity contribution in [3.8, 4) is 16.5 Å². The van der Waals surface area contributed by atoms with E-state index in [9.17, 15) is 19.5 Å². The van der Waals surface area contributed by atoms with Gasteiger partial charge in [0.15, 0.2) is 17.3 Å². The molecule has 2 N–H and O–H groups in total. The lowest BCUT2D eigenvalue weighted by Crippen LogP contribution is -2.52. The summed E-state index contributed by atoms with van der Waals surface area (Å²) in [4.78, 5) is 53.5. The van der Waals surface area contributed by atoms with Crippen LogP contribution in [0.2, 0.25) is 0 Å². The third kappa shape index (κ3) is 4.89. The van der Waals surface area contributed by atoms with Crippen LogP contribution in [-0.4, -0.2) is 63.7 Å². The van der Waals surface area contributed by atoms with Crippen LogP contribution in [0.15, 0.2) is 47.7 Å². The third-order valence-electron chi connectivity index (χ3n) is 7.16. The van der Waals surface area contributed by atoms with Crippen LogP contribution in [-0.2, 0) is 11.3 Å². The zero-order valence-electron chi connectivity index (χ0n) is 23.1. The highest BCUT2D eigenvalue weighted by Gasteiger charge is 2.34. The second-order valence-corrected chi connectivity index (χ2v) is 10.9. The van der Waals surface area contributed by atoms with Crippen LogP contribution in [0.4, 0.5) is 11.6 Å². The zero-order valence-corrected chi connectivity index (χ0v) is 23.9. The summed E-state index contributed by atoms with van der Waals surface area (Å²) < 4.78 is 7.78. The van der Waals surface area contributed by atoms with Crippen molar-refractivity contribution in [2.24, 2.45) is 5.92 Å². The molecule has 6 heterocycles. The average molecular weight is 586 g/mol. The van der Waals surface area contributed by atoms with Gasteiger partial charge in [-0.05, 0) is 44.0 Å². The predicted octanol–water partition coefficient (Wildman–Crippen LogP) is 3.30. The summed E-state index contributed by atoms with van der Waals surface area (Å²) in [6.45, 7) is 7.41. The number of nitrogens with zero attached hydrogens (tertiary/aromatic N) is 8. The number of carboxylic acid groups (broad SMARTS) is 1. The van der Waals surface area contributed by atoms with Crippen molar-refractivity contribution in [3.05, 3.63) is 69.9 Å². The molecule has 0 saturated carbocycles. The number of amides is 1. The Balaban J connectivity index is 1.31. The first-order valence-corrected chi connectivity index (χ1v) is 14.2. The molecule has 1 aliphatic rings. The monoisotopic (exact) mass is 585 g/mol. The number of carboxylic acids is 1. The normalized spacial score (nSPS) is 13.4. The van der Waals surface area contributed by atoms with Crippen LogP contribution in [0.5, 0.6) is 0 Å². The molecule has 1 amide bonds. The van der Waals surface area contributed by atoms with E-state index in [1.807, 2.05) is 28.6 Å². The van der Waals surface area contributed by atoms with Gasteiger partial charge in [0.05, 0.1) is 11.3 Å². The largest absolute Gasteiger partial charge is 0.477 e. The van der Waals surface area contributed by atoms with Gasteiger partial charge in [0, 0.05) is 67.1 Å². The van der Waals surface area contributed by atoms with E-state index < -0.39 is 17.0 Å². The highest BCUT2D eigenvalue weighted by Crippen LogP contribution is 2.29. The van der Waals surface area contributed by atoms with Crippen LogP contribution in [0, 0.1) is 19.8 Å². The summed E-state index contributed by atoms with van der Waals surface area (Å²) in [5.41, 5.74) is 1.50. The van der Waals surface area contributed by atoms with Gasteiger partial charge in [-0.1, -0.05) is 6.92 Å². The molecule has 0 aliphatic carbocycles. The van der Waals surface area contributed by atoms with Gasteiger partial charge in [0.2, 0.25) is 16.5 Å². The lowest BCUT2D eigenvalue weighted by molar-refractivity contribution is -0.120. The first-order valence-electron chi connectivity index (χ1n) is 13.4. The minimum atomic E-state index is -1.34. The molecule has 0 atom stereocenters. The highest BCUT2D eigenvalue weighted by molar-refractivity contribution is 7.08. The summed E-state index contributed by atoms with van der Waals surface area (Å²) >= 11 is 1.05. The van der Waals surface area contributed by atoms with Crippen LogP contribution in [0.3, 0.4) is 0 Å². The van der Waals surface area contributed by atoms with Gasteiger partial charge in [-0.2, -0.15) is 14.5 Å². The van der Waals surface area contributed by atoms with E-state index in [1.54, 1.807) is 31.5 Å². The number of nitrogens with one attached hydrogen (secondary N) is 1. The Morgan fingerprint density at radius 3 is 2.71 bits per heavy atom. The second-order valence-electron chi connectivity index (χ2n) is 10.2. The van der Waals surface area contributed by atoms with Gasteiger partial charge >= 0.3 is 5.97 Å². The van der Waals surface area contributed by atoms with Gasteiger partial charge in [0.1, 0.15) is 11.4 Å². The van der Waals surface area contributed by atoms with Crippen LogP contribution >= 0.6 is 11.5 Å². The van der Waals surface area contributed by atoms with E-state index in [0.29, 0.717) is 46.8 Å². The molecule has 0 radical (unpaired) electrons. The van der Waals surface area contributed by atoms with Crippen molar-refractivity contribution in [2.45, 2.75) is 33.7 Å². The molecule has 14 heteroatoms. The predicted molar refractivity (Wildman–Crippen MR) is 157 cm³/mol. The first-order chi connectivity index (χ1) is 20.2. The number of aromatic carboxylic acids is 1. The Hall–Kier alpha value is -4.98. The molecule has 5 aromatic rings. The van der Waals surface area contributed by atoms with Gasteiger partial charge < -0.3 is 15.3 Å². The molecule has 1 fully saturated rings. The Morgan fingerprint density at radius 1 is 1.19 bits per heavy atom. The van der Waals surface area contributed by atoms with Gasteiger partial charge in [0.25, 0.3) is 0 Å². The maximum atomic E-state index is 13.2. The van der Waals surface area contributed by atoms with Crippen molar-refractivity contribution in [1.29, 1.82) is 0 Å². The molecule has 0 bridgehead atoms. The van der Waals surface area contributed by atoms with Crippen LogP contribution in [0.25, 0.3) is 27.6 Å². The molecule has 42 heavy (non-hydrogen) atoms. The van der Waals surface area contributed by atoms with Crippen LogP contribution in [0.1, 0.15) is 35.0 Å². The zero-order chi connectivity index (χ0) is 29.5. The standard InChI is InChI=1S/C28H27N9O4S/c1-4-8-37-16(3)10-20(33-37)30-26(39)18-12-35(13-18)21-9-15(2)22-23(38)19(27(40)41)14-36(25(22)31-21)28-32-24(34-42-28)17-6-5-7-29-11-17/h5-7,9-11,14,18H,4,8,12-13H2,1-3H3,(H,40,41)(H,30,33,39). The number of rotatable bonds is 8. The van der Waals surface area contributed by atoms with E-state index in [0.717, 1.165) is 30.2 Å². The summed E-state index contributed by atoms with van der Waals surface area (Å²) in [5.74, 6) is -0.204. The molecular formula is C28H27N9O4S. The molecule has 214 valence electrons. The second kappa shape index (κ2) is 10.8. The molecule has 1 aliphatic heterocycles. The SMILES string of the molecule is CCCn1nc(NC(=O)C2CN(c3cc(C)c4c(=O)c(C(=O)O)cn(-c5nc(-c6cccnc6)ns5)c4n3)C2)cc1C. The molecule has 0 unspecified atom stereocenters. The number of hydrogen-bond donors (Lipinski definition) is 2. The number of hydrogen-bond acceptors (Lipinski definition) is 10. The van der Waals surface area contributed by atoms with E-state index >= 15 is 0 Å². The van der Waals surface area contributed by atoms with Crippen molar-refractivity contribution in [2.75, 3.05) is 23.3 Å². The van der Waals surface area contributed by atoms with Crippen molar-refractivity contribution >= 4 is 46.1 Å². The Kier molecular flexibility index (Phi) is 6.98. The maximum Gasteiger partial charge on any atom is 0.341 e. The van der Waals surface area contributed by atoms with Crippen molar-refractivity contribution < 1.29 is 14.7 Å². The fourth-order valence-corrected chi connectivity index (χ4v) is 5.60. The minimum absolute atomic E-state index is 0.121. The lowest BCUT2D eigenvalue weighted by atomic mass is 9.98. The van der Waals surface area contributed by atoms with Crippen LogP contribution < -0.4 is 15.6 Å². The fraction of sp³-hybridized carbons (Fsp3) is 0.286. The number of anilines is 2. The minimum Gasteiger partial charge on any atom is -0.477 e. The van der Waals surface area contributed by atoms with E-state index in [-0.39, 0.29) is 22.9 Å². The summed E-state index contributed by atoms with van der Waals surface area (Å²) in [6, 6.07) is 7.19. The van der Waals surface area contributed by atoms with Gasteiger partial charge in [-0.15, -0.1) is 0 Å². The van der Waals surface area contributed by atoms with E-state index in [2.05, 4.69) is 31.7 Å². The summed E-state index contributed by atoms with van der Waals surface area (Å²) in [5, 5.41) is 17.7. The number of aryl methyl sites for hydroxylation is 3. The lowest BCUT2D eigenvalue weighted by Gasteiger charge is -2.39. The molecular weight excluding hydrogens is 558 g/mol. The molecule has 5 aromatic heterocycles. The molecule has 6 rings (SSSR count). The number of aromatic nitrogens is 7. The van der Waals surface area contributed by atoms with E-state index in [1.165, 1.54) is 10.8 Å².